The van der Waals surface area contributed by atoms with Crippen molar-refractivity contribution < 1.29 is 9.53 Å². The van der Waals surface area contributed by atoms with Crippen LogP contribution >= 0.6 is 11.3 Å². The van der Waals surface area contributed by atoms with Crippen LogP contribution in [-0.4, -0.2) is 55.2 Å². The Morgan fingerprint density at radius 1 is 1.42 bits per heavy atom. The molecule has 0 spiro atoms. The largest absolute Gasteiger partial charge is 0.397 e. The van der Waals surface area contributed by atoms with Crippen molar-refractivity contribution in [3.8, 4) is 0 Å². The molecule has 1 aliphatic rings. The Hall–Kier alpha value is -1.70. The van der Waals surface area contributed by atoms with Gasteiger partial charge in [0.1, 0.15) is 9.71 Å². The van der Waals surface area contributed by atoms with Crippen molar-refractivity contribution in [1.29, 1.82) is 0 Å². The van der Waals surface area contributed by atoms with E-state index < -0.39 is 0 Å². The number of hydrogen-bond acceptors (Lipinski definition) is 6. The van der Waals surface area contributed by atoms with E-state index in [0.29, 0.717) is 17.1 Å². The summed E-state index contributed by atoms with van der Waals surface area (Å²) in [6, 6.07) is 3.97. The molecular weight excluding hydrogens is 324 g/mol. The third-order valence-corrected chi connectivity index (χ3v) is 5.30. The van der Waals surface area contributed by atoms with Crippen molar-refractivity contribution in [2.24, 2.45) is 0 Å². The molecule has 0 unspecified atom stereocenters. The van der Waals surface area contributed by atoms with Crippen LogP contribution in [0.25, 0.3) is 10.2 Å². The molecule has 6 nitrogen and oxygen atoms in total. The molecule has 3 N–H and O–H groups in total. The molecule has 7 heteroatoms. The Balaban J connectivity index is 1.64. The molecule has 0 radical (unpaired) electrons. The van der Waals surface area contributed by atoms with Crippen molar-refractivity contribution in [1.82, 2.24) is 15.2 Å². The highest BCUT2D eigenvalue weighted by Gasteiger charge is 2.18. The van der Waals surface area contributed by atoms with Crippen LogP contribution in [0.4, 0.5) is 5.69 Å². The van der Waals surface area contributed by atoms with Gasteiger partial charge in [0.15, 0.2) is 0 Å². The van der Waals surface area contributed by atoms with Gasteiger partial charge in [0.05, 0.1) is 18.9 Å². The van der Waals surface area contributed by atoms with E-state index in [9.17, 15) is 4.79 Å². The number of nitrogens with one attached hydrogen (secondary N) is 1. The maximum absolute atomic E-state index is 12.4. The third-order valence-electron chi connectivity index (χ3n) is 4.18. The maximum atomic E-state index is 12.4. The lowest BCUT2D eigenvalue weighted by Crippen LogP contribution is -2.41. The second kappa shape index (κ2) is 7.92. The first-order valence-electron chi connectivity index (χ1n) is 8.45. The number of aryl methyl sites for hydroxylation is 1. The van der Waals surface area contributed by atoms with Gasteiger partial charge in [-0.3, -0.25) is 9.69 Å². The molecule has 0 aromatic carbocycles. The fourth-order valence-corrected chi connectivity index (χ4v) is 3.86. The number of ether oxygens (including phenoxy) is 1. The molecule has 1 saturated heterocycles. The van der Waals surface area contributed by atoms with Crippen molar-refractivity contribution in [2.75, 3.05) is 45.1 Å². The highest BCUT2D eigenvalue weighted by Crippen LogP contribution is 2.32. The van der Waals surface area contributed by atoms with Crippen LogP contribution < -0.4 is 11.1 Å². The van der Waals surface area contributed by atoms with E-state index in [0.717, 1.165) is 61.6 Å². The predicted molar refractivity (Wildman–Crippen MR) is 97.6 cm³/mol. The number of nitrogen functional groups attached to an aromatic ring is 1. The van der Waals surface area contributed by atoms with Gasteiger partial charge in [-0.2, -0.15) is 0 Å². The molecule has 0 atom stereocenters. The standard InChI is InChI=1S/C17H24N4O2S/c1-2-3-12-4-5-13-14(18)15(24-17(13)20-12)16(22)19-6-7-21-8-10-23-11-9-21/h4-5H,2-3,6-11,18H2,1H3,(H,19,22). The van der Waals surface area contributed by atoms with Gasteiger partial charge < -0.3 is 15.8 Å². The molecule has 130 valence electrons. The fraction of sp³-hybridized carbons (Fsp3) is 0.529. The molecule has 3 rings (SSSR count). The highest BCUT2D eigenvalue weighted by molar-refractivity contribution is 7.21. The molecule has 1 amide bonds. The summed E-state index contributed by atoms with van der Waals surface area (Å²) < 4.78 is 5.32. The number of nitrogens with two attached hydrogens (primary N) is 1. The lowest BCUT2D eigenvalue weighted by atomic mass is 10.2. The number of rotatable bonds is 6. The zero-order valence-electron chi connectivity index (χ0n) is 14.0. The molecule has 3 heterocycles. The van der Waals surface area contributed by atoms with E-state index in [4.69, 9.17) is 10.5 Å². The molecule has 24 heavy (non-hydrogen) atoms. The number of anilines is 1. The number of carbonyl (C=O) groups is 1. The SMILES string of the molecule is CCCc1ccc2c(N)c(C(=O)NCCN3CCOCC3)sc2n1. The zero-order chi connectivity index (χ0) is 16.9. The number of fused-ring (bicyclic) bond motifs is 1. The number of aromatic nitrogens is 1. The van der Waals surface area contributed by atoms with Gasteiger partial charge in [0.2, 0.25) is 0 Å². The number of amides is 1. The lowest BCUT2D eigenvalue weighted by molar-refractivity contribution is 0.0383. The first kappa shape index (κ1) is 17.1. The van der Waals surface area contributed by atoms with Crippen molar-refractivity contribution in [2.45, 2.75) is 19.8 Å². The van der Waals surface area contributed by atoms with E-state index in [2.05, 4.69) is 22.1 Å². The average Bonchev–Trinajstić information content (AvgIpc) is 2.92. The quantitative estimate of drug-likeness (QED) is 0.833. The molecule has 2 aromatic heterocycles. The summed E-state index contributed by atoms with van der Waals surface area (Å²) in [6.45, 7) is 6.95. The van der Waals surface area contributed by atoms with Gasteiger partial charge in [0, 0.05) is 37.3 Å². The smallest absolute Gasteiger partial charge is 0.263 e. The third kappa shape index (κ3) is 3.85. The summed E-state index contributed by atoms with van der Waals surface area (Å²) in [7, 11) is 0. The van der Waals surface area contributed by atoms with Gasteiger partial charge in [-0.05, 0) is 18.6 Å². The van der Waals surface area contributed by atoms with Crippen LogP contribution in [0, 0.1) is 0 Å². The Labute approximate surface area is 146 Å². The summed E-state index contributed by atoms with van der Waals surface area (Å²) >= 11 is 1.38. The Kier molecular flexibility index (Phi) is 5.65. The summed E-state index contributed by atoms with van der Waals surface area (Å²) in [5.74, 6) is -0.110. The van der Waals surface area contributed by atoms with Crippen molar-refractivity contribution in [3.05, 3.63) is 22.7 Å². The van der Waals surface area contributed by atoms with Gasteiger partial charge in [0.25, 0.3) is 5.91 Å². The Bertz CT molecular complexity index is 710. The van der Waals surface area contributed by atoms with Crippen molar-refractivity contribution in [3.63, 3.8) is 0 Å². The van der Waals surface area contributed by atoms with Crippen molar-refractivity contribution >= 4 is 33.1 Å². The molecule has 0 bridgehead atoms. The van der Waals surface area contributed by atoms with E-state index >= 15 is 0 Å². The van der Waals surface area contributed by atoms with Crippen LogP contribution in [0.5, 0.6) is 0 Å². The van der Waals surface area contributed by atoms with Gasteiger partial charge in [-0.15, -0.1) is 11.3 Å². The van der Waals surface area contributed by atoms with Crippen LogP contribution in [0.2, 0.25) is 0 Å². The van der Waals surface area contributed by atoms with Gasteiger partial charge >= 0.3 is 0 Å². The second-order valence-corrected chi connectivity index (χ2v) is 6.96. The number of thiophene rings is 1. The molecule has 2 aromatic rings. The first-order chi connectivity index (χ1) is 11.7. The van der Waals surface area contributed by atoms with E-state index in [1.807, 2.05) is 12.1 Å². The average molecular weight is 348 g/mol. The number of pyridine rings is 1. The molecule has 1 fully saturated rings. The minimum atomic E-state index is -0.110. The van der Waals surface area contributed by atoms with Crippen LogP contribution in [0.1, 0.15) is 28.7 Å². The molecule has 1 aliphatic heterocycles. The summed E-state index contributed by atoms with van der Waals surface area (Å²) in [4.78, 5) is 20.8. The van der Waals surface area contributed by atoms with Crippen LogP contribution in [-0.2, 0) is 11.2 Å². The minimum Gasteiger partial charge on any atom is -0.397 e. The fourth-order valence-electron chi connectivity index (χ4n) is 2.83. The highest BCUT2D eigenvalue weighted by atomic mass is 32.1. The normalized spacial score (nSPS) is 15.7. The lowest BCUT2D eigenvalue weighted by Gasteiger charge is -2.26. The van der Waals surface area contributed by atoms with E-state index in [1.54, 1.807) is 0 Å². The number of hydrogen-bond donors (Lipinski definition) is 2. The van der Waals surface area contributed by atoms with E-state index in [1.165, 1.54) is 11.3 Å². The predicted octanol–water partition coefficient (Wildman–Crippen LogP) is 1.89. The Morgan fingerprint density at radius 3 is 2.96 bits per heavy atom. The maximum Gasteiger partial charge on any atom is 0.263 e. The number of morpholine rings is 1. The van der Waals surface area contributed by atoms with E-state index in [-0.39, 0.29) is 5.91 Å². The summed E-state index contributed by atoms with van der Waals surface area (Å²) in [5.41, 5.74) is 7.74. The minimum absolute atomic E-state index is 0.110. The number of nitrogens with zero attached hydrogens (tertiary/aromatic N) is 2. The molecule has 0 saturated carbocycles. The van der Waals surface area contributed by atoms with Gasteiger partial charge in [-0.1, -0.05) is 13.3 Å². The molecule has 0 aliphatic carbocycles. The van der Waals surface area contributed by atoms with Gasteiger partial charge in [-0.25, -0.2) is 4.98 Å². The second-order valence-electron chi connectivity index (χ2n) is 5.96. The first-order valence-corrected chi connectivity index (χ1v) is 9.27. The monoisotopic (exact) mass is 348 g/mol. The Morgan fingerprint density at radius 2 is 2.21 bits per heavy atom. The topological polar surface area (TPSA) is 80.5 Å². The van der Waals surface area contributed by atoms with Crippen LogP contribution in [0.3, 0.4) is 0 Å². The zero-order valence-corrected chi connectivity index (χ0v) is 14.8. The number of carbonyl (C=O) groups excluding carboxylic acids is 1. The molecular formula is C17H24N4O2S. The van der Waals surface area contributed by atoms with Crippen LogP contribution in [0.15, 0.2) is 12.1 Å². The summed E-state index contributed by atoms with van der Waals surface area (Å²) in [5, 5.41) is 3.84. The summed E-state index contributed by atoms with van der Waals surface area (Å²) in [6.07, 6.45) is 1.99.